The second-order valence-corrected chi connectivity index (χ2v) is 5.82. The molecule has 1 aromatic heterocycles. The van der Waals surface area contributed by atoms with E-state index in [1.54, 1.807) is 18.2 Å². The highest BCUT2D eigenvalue weighted by Crippen LogP contribution is 2.18. The number of hydrogen-bond acceptors (Lipinski definition) is 6. The van der Waals surface area contributed by atoms with Crippen LogP contribution in [-0.4, -0.2) is 38.8 Å². The first-order chi connectivity index (χ1) is 10.1. The predicted molar refractivity (Wildman–Crippen MR) is 78.7 cm³/mol. The molecule has 2 aromatic rings. The highest BCUT2D eigenvalue weighted by atomic mass is 32.2. The Balaban J connectivity index is 2.06. The number of likely N-dealkylation sites (N-methyl/N-ethyl adjacent to an activating group) is 1. The summed E-state index contributed by atoms with van der Waals surface area (Å²) in [4.78, 5) is 0.133. The molecule has 0 bridgehead atoms. The van der Waals surface area contributed by atoms with E-state index in [9.17, 15) is 8.42 Å². The Kier molecular flexibility index (Phi) is 5.07. The number of sulfonamides is 1. The van der Waals surface area contributed by atoms with Gasteiger partial charge in [0.1, 0.15) is 12.4 Å². The second kappa shape index (κ2) is 7.00. The number of nitrogens with one attached hydrogen (secondary N) is 2. The highest BCUT2D eigenvalue weighted by Gasteiger charge is 2.14. The van der Waals surface area contributed by atoms with E-state index < -0.39 is 10.0 Å². The Morgan fingerprint density at radius 1 is 1.19 bits per heavy atom. The lowest BCUT2D eigenvalue weighted by molar-refractivity contribution is 0.318. The average molecular weight is 308 g/mol. The van der Waals surface area contributed by atoms with E-state index in [0.29, 0.717) is 18.9 Å². The Bertz CT molecular complexity index is 660. The molecule has 0 aliphatic heterocycles. The van der Waals surface area contributed by atoms with Crippen LogP contribution in [0, 0.1) is 0 Å². The molecular formula is C13H16N4O3S. The normalized spacial score (nSPS) is 11.1. The fraction of sp³-hybridized carbons (Fsp3) is 0.231. The summed E-state index contributed by atoms with van der Waals surface area (Å²) in [5.41, 5.74) is 0. The minimum absolute atomic E-state index is 0.133. The molecule has 0 unspecified atom stereocenters. The number of anilines is 1. The first-order valence-electron chi connectivity index (χ1n) is 6.30. The molecule has 0 saturated heterocycles. The SMILES string of the molecule is CNCCOc1ccc(S(=O)(=O)Nc2cccnn2)cc1. The molecule has 0 radical (unpaired) electrons. The third kappa shape index (κ3) is 4.40. The molecular weight excluding hydrogens is 292 g/mol. The number of nitrogens with zero attached hydrogens (tertiary/aromatic N) is 2. The van der Waals surface area contributed by atoms with Crippen LogP contribution in [0.5, 0.6) is 5.75 Å². The second-order valence-electron chi connectivity index (χ2n) is 4.14. The molecule has 1 heterocycles. The minimum Gasteiger partial charge on any atom is -0.492 e. The fourth-order valence-corrected chi connectivity index (χ4v) is 2.53. The van der Waals surface area contributed by atoms with E-state index in [-0.39, 0.29) is 10.7 Å². The summed E-state index contributed by atoms with van der Waals surface area (Å²) in [5.74, 6) is 0.788. The van der Waals surface area contributed by atoms with Crippen LogP contribution in [-0.2, 0) is 10.0 Å². The standard InChI is InChI=1S/C13H16N4O3S/c1-14-9-10-20-11-4-6-12(7-5-11)21(18,19)17-13-3-2-8-15-16-13/h2-8,14H,9-10H2,1H3,(H,16,17). The van der Waals surface area contributed by atoms with Gasteiger partial charge in [0.05, 0.1) is 4.90 Å². The van der Waals surface area contributed by atoms with Gasteiger partial charge < -0.3 is 10.1 Å². The zero-order valence-electron chi connectivity index (χ0n) is 11.5. The summed E-state index contributed by atoms with van der Waals surface area (Å²) < 4.78 is 32.1. The number of ether oxygens (including phenoxy) is 1. The molecule has 2 N–H and O–H groups in total. The van der Waals surface area contributed by atoms with E-state index in [0.717, 1.165) is 0 Å². The molecule has 0 amide bonds. The lowest BCUT2D eigenvalue weighted by Gasteiger charge is -2.08. The summed E-state index contributed by atoms with van der Waals surface area (Å²) >= 11 is 0. The molecule has 2 rings (SSSR count). The van der Waals surface area contributed by atoms with Gasteiger partial charge in [-0.2, -0.15) is 5.10 Å². The fourth-order valence-electron chi connectivity index (χ4n) is 1.54. The van der Waals surface area contributed by atoms with Crippen molar-refractivity contribution in [1.82, 2.24) is 15.5 Å². The van der Waals surface area contributed by atoms with Crippen LogP contribution >= 0.6 is 0 Å². The van der Waals surface area contributed by atoms with Gasteiger partial charge in [-0.05, 0) is 43.4 Å². The third-order valence-corrected chi connectivity index (χ3v) is 3.94. The maximum absolute atomic E-state index is 12.1. The van der Waals surface area contributed by atoms with Crippen LogP contribution in [0.25, 0.3) is 0 Å². The van der Waals surface area contributed by atoms with Crippen LogP contribution in [0.3, 0.4) is 0 Å². The predicted octanol–water partition coefficient (Wildman–Crippen LogP) is 0.876. The van der Waals surface area contributed by atoms with Crippen molar-refractivity contribution < 1.29 is 13.2 Å². The van der Waals surface area contributed by atoms with Crippen LogP contribution < -0.4 is 14.8 Å². The number of aromatic nitrogens is 2. The summed E-state index contributed by atoms with van der Waals surface area (Å²) in [6, 6.07) is 9.31. The Labute approximate surface area is 123 Å². The van der Waals surface area contributed by atoms with Crippen LogP contribution in [0.4, 0.5) is 5.82 Å². The Morgan fingerprint density at radius 2 is 1.95 bits per heavy atom. The zero-order valence-corrected chi connectivity index (χ0v) is 12.3. The maximum atomic E-state index is 12.1. The van der Waals surface area contributed by atoms with Crippen LogP contribution in [0.15, 0.2) is 47.5 Å². The van der Waals surface area contributed by atoms with E-state index in [1.165, 1.54) is 24.4 Å². The van der Waals surface area contributed by atoms with E-state index in [2.05, 4.69) is 20.2 Å². The molecule has 0 saturated carbocycles. The first-order valence-corrected chi connectivity index (χ1v) is 7.78. The summed E-state index contributed by atoms with van der Waals surface area (Å²) in [7, 11) is -1.85. The van der Waals surface area contributed by atoms with Crippen molar-refractivity contribution in [3.8, 4) is 5.75 Å². The van der Waals surface area contributed by atoms with Crippen molar-refractivity contribution in [2.24, 2.45) is 0 Å². The van der Waals surface area contributed by atoms with Crippen molar-refractivity contribution in [3.05, 3.63) is 42.6 Å². The van der Waals surface area contributed by atoms with E-state index in [4.69, 9.17) is 4.74 Å². The van der Waals surface area contributed by atoms with Gasteiger partial charge in [-0.25, -0.2) is 8.42 Å². The van der Waals surface area contributed by atoms with Gasteiger partial charge in [0.25, 0.3) is 10.0 Å². The number of hydrogen-bond donors (Lipinski definition) is 2. The van der Waals surface area contributed by atoms with Crippen molar-refractivity contribution in [3.63, 3.8) is 0 Å². The molecule has 0 spiro atoms. The molecule has 8 heteroatoms. The van der Waals surface area contributed by atoms with Crippen LogP contribution in [0.2, 0.25) is 0 Å². The third-order valence-electron chi connectivity index (χ3n) is 2.57. The summed E-state index contributed by atoms with van der Waals surface area (Å²) in [6.07, 6.45) is 1.47. The topological polar surface area (TPSA) is 93.2 Å². The summed E-state index contributed by atoms with van der Waals surface area (Å²) in [5, 5.41) is 10.3. The molecule has 0 atom stereocenters. The van der Waals surface area contributed by atoms with Crippen molar-refractivity contribution in [2.75, 3.05) is 24.9 Å². The lowest BCUT2D eigenvalue weighted by Crippen LogP contribution is -2.16. The minimum atomic E-state index is -3.68. The molecule has 0 fully saturated rings. The van der Waals surface area contributed by atoms with Gasteiger partial charge in [-0.15, -0.1) is 5.10 Å². The van der Waals surface area contributed by atoms with Gasteiger partial charge in [0.15, 0.2) is 5.82 Å². The zero-order chi connectivity index (χ0) is 15.1. The van der Waals surface area contributed by atoms with Gasteiger partial charge in [-0.1, -0.05) is 0 Å². The van der Waals surface area contributed by atoms with Crippen molar-refractivity contribution in [2.45, 2.75) is 4.90 Å². The molecule has 1 aromatic carbocycles. The summed E-state index contributed by atoms with van der Waals surface area (Å²) in [6.45, 7) is 1.23. The quantitative estimate of drug-likeness (QED) is 0.737. The van der Waals surface area contributed by atoms with Crippen LogP contribution in [0.1, 0.15) is 0 Å². The molecule has 7 nitrogen and oxygen atoms in total. The molecule has 21 heavy (non-hydrogen) atoms. The lowest BCUT2D eigenvalue weighted by atomic mass is 10.3. The maximum Gasteiger partial charge on any atom is 0.263 e. The smallest absolute Gasteiger partial charge is 0.263 e. The van der Waals surface area contributed by atoms with Crippen molar-refractivity contribution >= 4 is 15.8 Å². The van der Waals surface area contributed by atoms with Gasteiger partial charge in [0, 0.05) is 12.7 Å². The number of rotatable bonds is 7. The molecule has 0 aliphatic rings. The Hall–Kier alpha value is -2.19. The molecule has 0 aliphatic carbocycles. The number of benzene rings is 1. The van der Waals surface area contributed by atoms with Gasteiger partial charge in [0.2, 0.25) is 0 Å². The monoisotopic (exact) mass is 308 g/mol. The first kappa shape index (κ1) is 15.2. The van der Waals surface area contributed by atoms with Crippen molar-refractivity contribution in [1.29, 1.82) is 0 Å². The Morgan fingerprint density at radius 3 is 2.57 bits per heavy atom. The van der Waals surface area contributed by atoms with Gasteiger partial charge >= 0.3 is 0 Å². The van der Waals surface area contributed by atoms with E-state index >= 15 is 0 Å². The average Bonchev–Trinajstić information content (AvgIpc) is 2.49. The largest absolute Gasteiger partial charge is 0.492 e. The van der Waals surface area contributed by atoms with E-state index in [1.807, 2.05) is 7.05 Å². The van der Waals surface area contributed by atoms with Gasteiger partial charge in [-0.3, -0.25) is 4.72 Å². The highest BCUT2D eigenvalue weighted by molar-refractivity contribution is 7.92. The molecule has 112 valence electrons.